The van der Waals surface area contributed by atoms with Gasteiger partial charge in [-0.05, 0) is 56.0 Å². The van der Waals surface area contributed by atoms with Crippen LogP contribution < -0.4 is 10.1 Å². The summed E-state index contributed by atoms with van der Waals surface area (Å²) in [5.74, 6) is 1.66. The van der Waals surface area contributed by atoms with Gasteiger partial charge in [0.1, 0.15) is 11.4 Å². The molecule has 2 rings (SSSR count). The number of hydrogen-bond donors (Lipinski definition) is 1. The Morgan fingerprint density at radius 2 is 1.70 bits per heavy atom. The van der Waals surface area contributed by atoms with Gasteiger partial charge < -0.3 is 10.1 Å². The summed E-state index contributed by atoms with van der Waals surface area (Å²) in [7, 11) is 3.54. The van der Waals surface area contributed by atoms with Gasteiger partial charge in [-0.25, -0.2) is 0 Å². The number of hydrogen-bond acceptors (Lipinski definition) is 4. The summed E-state index contributed by atoms with van der Waals surface area (Å²) in [5.41, 5.74) is 6.46. The van der Waals surface area contributed by atoms with E-state index in [1.54, 1.807) is 7.11 Å². The molecule has 0 saturated heterocycles. The number of ether oxygens (including phenoxy) is 1. The summed E-state index contributed by atoms with van der Waals surface area (Å²) < 4.78 is 5.53. The molecule has 2 aromatic rings. The topological polar surface area (TPSA) is 47.0 Å². The second-order valence-corrected chi connectivity index (χ2v) is 5.06. The molecule has 0 aliphatic rings. The van der Waals surface area contributed by atoms with Gasteiger partial charge in [0.15, 0.2) is 5.82 Å². The van der Waals surface area contributed by atoms with Crippen LogP contribution in [0.4, 0.5) is 5.82 Å². The van der Waals surface area contributed by atoms with Crippen molar-refractivity contribution in [2.24, 2.45) is 0 Å². The van der Waals surface area contributed by atoms with E-state index in [0.717, 1.165) is 39.5 Å². The van der Waals surface area contributed by atoms with E-state index >= 15 is 0 Å². The van der Waals surface area contributed by atoms with Crippen LogP contribution in [0.25, 0.3) is 11.3 Å². The molecular weight excluding hydrogens is 250 g/mol. The van der Waals surface area contributed by atoms with Crippen LogP contribution in [0, 0.1) is 27.7 Å². The van der Waals surface area contributed by atoms with Crippen molar-refractivity contribution in [2.45, 2.75) is 27.7 Å². The number of aromatic nitrogens is 2. The second kappa shape index (κ2) is 5.49. The van der Waals surface area contributed by atoms with Crippen molar-refractivity contribution < 1.29 is 4.74 Å². The fourth-order valence-electron chi connectivity index (χ4n) is 2.47. The smallest absolute Gasteiger partial charge is 0.151 e. The van der Waals surface area contributed by atoms with Crippen molar-refractivity contribution in [3.8, 4) is 17.0 Å². The Balaban J connectivity index is 2.72. The van der Waals surface area contributed by atoms with Crippen LogP contribution in [-0.4, -0.2) is 24.4 Å². The maximum atomic E-state index is 5.53. The molecule has 0 atom stereocenters. The van der Waals surface area contributed by atoms with Gasteiger partial charge >= 0.3 is 0 Å². The van der Waals surface area contributed by atoms with E-state index in [9.17, 15) is 0 Å². The number of anilines is 1. The van der Waals surface area contributed by atoms with Gasteiger partial charge in [0, 0.05) is 12.6 Å². The second-order valence-electron chi connectivity index (χ2n) is 5.06. The normalized spacial score (nSPS) is 10.5. The first-order chi connectivity index (χ1) is 9.49. The first kappa shape index (κ1) is 14.3. The number of nitrogens with one attached hydrogen (secondary N) is 1. The van der Waals surface area contributed by atoms with Crippen LogP contribution in [0.15, 0.2) is 12.1 Å². The van der Waals surface area contributed by atoms with Crippen LogP contribution in [-0.2, 0) is 0 Å². The molecule has 1 aromatic carbocycles. The first-order valence-electron chi connectivity index (χ1n) is 6.66. The molecule has 1 heterocycles. The van der Waals surface area contributed by atoms with E-state index in [2.05, 4.69) is 49.3 Å². The lowest BCUT2D eigenvalue weighted by Crippen LogP contribution is -2.04. The molecule has 1 aromatic heterocycles. The Morgan fingerprint density at radius 1 is 1.00 bits per heavy atom. The van der Waals surface area contributed by atoms with Crippen molar-refractivity contribution >= 4 is 5.82 Å². The Kier molecular flexibility index (Phi) is 3.93. The van der Waals surface area contributed by atoms with E-state index in [1.165, 1.54) is 5.56 Å². The van der Waals surface area contributed by atoms with Crippen molar-refractivity contribution in [3.05, 3.63) is 34.4 Å². The molecule has 0 aliphatic heterocycles. The zero-order valence-electron chi connectivity index (χ0n) is 13.0. The van der Waals surface area contributed by atoms with Gasteiger partial charge in [-0.1, -0.05) is 6.07 Å². The summed E-state index contributed by atoms with van der Waals surface area (Å²) in [5, 5.41) is 11.7. The van der Waals surface area contributed by atoms with Crippen LogP contribution >= 0.6 is 0 Å². The standard InChI is InChI=1S/C16H21N3O/c1-9-7-10(2)14(13(8-9)20-6)15-11(3)12(4)16(17-5)19-18-15/h7-8H,1-6H3,(H,17,19). The lowest BCUT2D eigenvalue weighted by Gasteiger charge is -2.16. The molecule has 0 spiro atoms. The molecule has 0 saturated carbocycles. The minimum absolute atomic E-state index is 0.815. The predicted molar refractivity (Wildman–Crippen MR) is 82.5 cm³/mol. The number of nitrogens with zero attached hydrogens (tertiary/aromatic N) is 2. The first-order valence-corrected chi connectivity index (χ1v) is 6.66. The van der Waals surface area contributed by atoms with E-state index in [-0.39, 0.29) is 0 Å². The summed E-state index contributed by atoms with van der Waals surface area (Å²) in [6.45, 7) is 8.26. The average Bonchev–Trinajstić information content (AvgIpc) is 2.42. The summed E-state index contributed by atoms with van der Waals surface area (Å²) in [6, 6.07) is 4.17. The third kappa shape index (κ3) is 2.33. The van der Waals surface area contributed by atoms with Crippen LogP contribution in [0.1, 0.15) is 22.3 Å². The quantitative estimate of drug-likeness (QED) is 0.929. The SMILES string of the molecule is CNc1nnc(-c2c(C)cc(C)cc2OC)c(C)c1C. The summed E-state index contributed by atoms with van der Waals surface area (Å²) in [6.07, 6.45) is 0. The van der Waals surface area contributed by atoms with Crippen LogP contribution in [0.3, 0.4) is 0 Å². The highest BCUT2D eigenvalue weighted by Gasteiger charge is 2.17. The summed E-state index contributed by atoms with van der Waals surface area (Å²) in [4.78, 5) is 0. The third-order valence-electron chi connectivity index (χ3n) is 3.66. The van der Waals surface area contributed by atoms with Gasteiger partial charge in [-0.2, -0.15) is 0 Å². The molecule has 1 N–H and O–H groups in total. The van der Waals surface area contributed by atoms with Gasteiger partial charge in [0.25, 0.3) is 0 Å². The van der Waals surface area contributed by atoms with Crippen molar-refractivity contribution in [1.82, 2.24) is 10.2 Å². The van der Waals surface area contributed by atoms with Crippen molar-refractivity contribution in [1.29, 1.82) is 0 Å². The average molecular weight is 271 g/mol. The maximum absolute atomic E-state index is 5.53. The summed E-state index contributed by atoms with van der Waals surface area (Å²) >= 11 is 0. The molecule has 0 radical (unpaired) electrons. The fourth-order valence-corrected chi connectivity index (χ4v) is 2.47. The highest BCUT2D eigenvalue weighted by atomic mass is 16.5. The lowest BCUT2D eigenvalue weighted by molar-refractivity contribution is 0.415. The van der Waals surface area contributed by atoms with Crippen LogP contribution in [0.2, 0.25) is 0 Å². The van der Waals surface area contributed by atoms with E-state index < -0.39 is 0 Å². The zero-order chi connectivity index (χ0) is 14.9. The Bertz CT molecular complexity index is 651. The van der Waals surface area contributed by atoms with Crippen molar-refractivity contribution in [3.63, 3.8) is 0 Å². The molecule has 106 valence electrons. The minimum Gasteiger partial charge on any atom is -0.496 e. The minimum atomic E-state index is 0.815. The van der Waals surface area contributed by atoms with E-state index in [1.807, 2.05) is 13.1 Å². The third-order valence-corrected chi connectivity index (χ3v) is 3.66. The maximum Gasteiger partial charge on any atom is 0.151 e. The molecule has 20 heavy (non-hydrogen) atoms. The molecule has 0 amide bonds. The molecule has 0 fully saturated rings. The fraction of sp³-hybridized carbons (Fsp3) is 0.375. The van der Waals surface area contributed by atoms with Gasteiger partial charge in [0.2, 0.25) is 0 Å². The zero-order valence-corrected chi connectivity index (χ0v) is 13.0. The molecule has 4 heteroatoms. The van der Waals surface area contributed by atoms with Gasteiger partial charge in [-0.3, -0.25) is 0 Å². The Morgan fingerprint density at radius 3 is 2.30 bits per heavy atom. The van der Waals surface area contributed by atoms with E-state index in [4.69, 9.17) is 4.74 Å². The molecule has 4 nitrogen and oxygen atoms in total. The van der Waals surface area contributed by atoms with Gasteiger partial charge in [-0.15, -0.1) is 10.2 Å². The lowest BCUT2D eigenvalue weighted by atomic mass is 9.97. The van der Waals surface area contributed by atoms with Crippen LogP contribution in [0.5, 0.6) is 5.75 Å². The van der Waals surface area contributed by atoms with Crippen molar-refractivity contribution in [2.75, 3.05) is 19.5 Å². The number of aryl methyl sites for hydroxylation is 2. The number of methoxy groups -OCH3 is 1. The molecular formula is C16H21N3O. The molecule has 0 unspecified atom stereocenters. The molecule has 0 bridgehead atoms. The largest absolute Gasteiger partial charge is 0.496 e. The highest BCUT2D eigenvalue weighted by molar-refractivity contribution is 5.75. The Hall–Kier alpha value is -2.10. The Labute approximate surface area is 120 Å². The monoisotopic (exact) mass is 271 g/mol. The van der Waals surface area contributed by atoms with Gasteiger partial charge in [0.05, 0.1) is 7.11 Å². The number of rotatable bonds is 3. The predicted octanol–water partition coefficient (Wildman–Crippen LogP) is 3.43. The molecule has 0 aliphatic carbocycles. The highest BCUT2D eigenvalue weighted by Crippen LogP contribution is 2.36. The van der Waals surface area contributed by atoms with E-state index in [0.29, 0.717) is 0 Å². The number of benzene rings is 1.